The maximum atomic E-state index is 13.0. The highest BCUT2D eigenvalue weighted by atomic mass is 35.5. The zero-order valence-corrected chi connectivity index (χ0v) is 18.2. The molecule has 1 aromatic carbocycles. The Morgan fingerprint density at radius 2 is 2.00 bits per heavy atom. The van der Waals surface area contributed by atoms with E-state index in [4.69, 9.17) is 4.74 Å². The molecule has 2 unspecified atom stereocenters. The number of amides is 1. The number of sulfonamides is 1. The highest BCUT2D eigenvalue weighted by Crippen LogP contribution is 2.22. The fraction of sp³-hybridized carbons (Fsp3) is 0.474. The highest BCUT2D eigenvalue weighted by molar-refractivity contribution is 7.89. The van der Waals surface area contributed by atoms with Crippen LogP contribution in [0.15, 0.2) is 47.9 Å². The largest absolute Gasteiger partial charge is 0.373 e. The topological polar surface area (TPSA) is 93.5 Å². The Kier molecular flexibility index (Phi) is 8.21. The standard InChI is InChI=1S/C19H26N4O4S.ClH/c1-15-12-23(13-16(2)27-15)28(25,26)18-6-3-5-17(11-18)19(24)21-7-4-9-22-10-8-20-14-22;/h3,5-6,8,10-11,14-16H,4,7,9,12-13H2,1-2H3,(H,21,24);1H. The number of aryl methyl sites for hydroxylation is 1. The number of carbonyl (C=O) groups is 1. The third kappa shape index (κ3) is 6.02. The van der Waals surface area contributed by atoms with E-state index in [2.05, 4.69) is 10.3 Å². The summed E-state index contributed by atoms with van der Waals surface area (Å²) < 4.78 is 34.9. The number of nitrogens with one attached hydrogen (secondary N) is 1. The monoisotopic (exact) mass is 442 g/mol. The van der Waals surface area contributed by atoms with E-state index >= 15 is 0 Å². The van der Waals surface area contributed by atoms with Gasteiger partial charge in [0.25, 0.3) is 5.91 Å². The van der Waals surface area contributed by atoms with Crippen LogP contribution in [0.2, 0.25) is 0 Å². The average Bonchev–Trinajstić information content (AvgIpc) is 3.18. The van der Waals surface area contributed by atoms with Gasteiger partial charge in [-0.25, -0.2) is 13.4 Å². The maximum absolute atomic E-state index is 13.0. The zero-order chi connectivity index (χ0) is 20.1. The van der Waals surface area contributed by atoms with Crippen molar-refractivity contribution in [3.8, 4) is 0 Å². The summed E-state index contributed by atoms with van der Waals surface area (Å²) in [6.07, 6.45) is 5.72. The quantitative estimate of drug-likeness (QED) is 0.661. The van der Waals surface area contributed by atoms with Crippen LogP contribution in [0.3, 0.4) is 0 Å². The maximum Gasteiger partial charge on any atom is 0.251 e. The molecule has 2 heterocycles. The molecule has 3 rings (SSSR count). The molecule has 1 aliphatic rings. The number of halogens is 1. The number of morpholine rings is 1. The van der Waals surface area contributed by atoms with Crippen molar-refractivity contribution in [2.75, 3.05) is 19.6 Å². The van der Waals surface area contributed by atoms with Crippen molar-refractivity contribution in [1.29, 1.82) is 0 Å². The van der Waals surface area contributed by atoms with Gasteiger partial charge in [0.15, 0.2) is 0 Å². The molecule has 1 fully saturated rings. The van der Waals surface area contributed by atoms with Crippen LogP contribution < -0.4 is 5.32 Å². The van der Waals surface area contributed by atoms with E-state index in [-0.39, 0.29) is 35.4 Å². The van der Waals surface area contributed by atoms with E-state index in [1.165, 1.54) is 16.4 Å². The van der Waals surface area contributed by atoms with Crippen LogP contribution in [0.5, 0.6) is 0 Å². The van der Waals surface area contributed by atoms with Crippen molar-refractivity contribution >= 4 is 28.3 Å². The van der Waals surface area contributed by atoms with Gasteiger partial charge >= 0.3 is 0 Å². The number of rotatable bonds is 7. The predicted molar refractivity (Wildman–Crippen MR) is 112 cm³/mol. The molecule has 1 N–H and O–H groups in total. The van der Waals surface area contributed by atoms with Crippen molar-refractivity contribution < 1.29 is 17.9 Å². The first kappa shape index (κ1) is 23.3. The van der Waals surface area contributed by atoms with Gasteiger partial charge in [0.1, 0.15) is 0 Å². The molecule has 0 saturated carbocycles. The summed E-state index contributed by atoms with van der Waals surface area (Å²) in [4.78, 5) is 16.5. The summed E-state index contributed by atoms with van der Waals surface area (Å²) in [5.74, 6) is -0.286. The predicted octanol–water partition coefficient (Wildman–Crippen LogP) is 1.92. The van der Waals surface area contributed by atoms with Crippen molar-refractivity contribution in [2.24, 2.45) is 0 Å². The lowest BCUT2D eigenvalue weighted by atomic mass is 10.2. The number of benzene rings is 1. The smallest absolute Gasteiger partial charge is 0.251 e. The molecule has 0 bridgehead atoms. The van der Waals surface area contributed by atoms with Gasteiger partial charge in [0.2, 0.25) is 10.0 Å². The Morgan fingerprint density at radius 1 is 1.28 bits per heavy atom. The summed E-state index contributed by atoms with van der Waals surface area (Å²) in [6.45, 7) is 5.56. The van der Waals surface area contributed by atoms with Crippen LogP contribution in [-0.2, 0) is 21.3 Å². The second kappa shape index (κ2) is 10.2. The number of ether oxygens (including phenoxy) is 1. The lowest BCUT2D eigenvalue weighted by molar-refractivity contribution is -0.0440. The molecular weight excluding hydrogens is 416 g/mol. The molecule has 0 spiro atoms. The third-order valence-corrected chi connectivity index (χ3v) is 6.39. The van der Waals surface area contributed by atoms with E-state index in [1.807, 2.05) is 24.6 Å². The van der Waals surface area contributed by atoms with Gasteiger partial charge in [-0.05, 0) is 38.5 Å². The normalized spacial score (nSPS) is 20.1. The molecule has 160 valence electrons. The van der Waals surface area contributed by atoms with Gasteiger partial charge in [0.05, 0.1) is 23.4 Å². The molecule has 1 aromatic heterocycles. The van der Waals surface area contributed by atoms with E-state index in [0.717, 1.165) is 13.0 Å². The van der Waals surface area contributed by atoms with Gasteiger partial charge in [-0.1, -0.05) is 6.07 Å². The van der Waals surface area contributed by atoms with Gasteiger partial charge in [-0.15, -0.1) is 12.4 Å². The van der Waals surface area contributed by atoms with Crippen molar-refractivity contribution in [1.82, 2.24) is 19.2 Å². The summed E-state index contributed by atoms with van der Waals surface area (Å²) in [5, 5.41) is 2.83. The number of hydrogen-bond acceptors (Lipinski definition) is 5. The van der Waals surface area contributed by atoms with Crippen LogP contribution in [0.25, 0.3) is 0 Å². The van der Waals surface area contributed by atoms with Crippen LogP contribution in [-0.4, -0.2) is 60.0 Å². The first-order chi connectivity index (χ1) is 13.4. The highest BCUT2D eigenvalue weighted by Gasteiger charge is 2.32. The third-order valence-electron chi connectivity index (χ3n) is 4.56. The molecule has 10 heteroatoms. The lowest BCUT2D eigenvalue weighted by Gasteiger charge is -2.34. The van der Waals surface area contributed by atoms with E-state index in [9.17, 15) is 13.2 Å². The first-order valence-corrected chi connectivity index (χ1v) is 10.8. The minimum absolute atomic E-state index is 0. The van der Waals surface area contributed by atoms with Gasteiger partial charge < -0.3 is 14.6 Å². The van der Waals surface area contributed by atoms with Crippen molar-refractivity contribution in [2.45, 2.75) is 43.9 Å². The van der Waals surface area contributed by atoms with E-state index < -0.39 is 10.0 Å². The second-order valence-electron chi connectivity index (χ2n) is 7.02. The van der Waals surface area contributed by atoms with Crippen molar-refractivity contribution in [3.63, 3.8) is 0 Å². The number of hydrogen-bond donors (Lipinski definition) is 1. The van der Waals surface area contributed by atoms with E-state index in [0.29, 0.717) is 25.2 Å². The fourth-order valence-electron chi connectivity index (χ4n) is 3.26. The molecule has 2 aromatic rings. The van der Waals surface area contributed by atoms with Gasteiger partial charge in [-0.3, -0.25) is 4.79 Å². The van der Waals surface area contributed by atoms with Crippen LogP contribution in [0, 0.1) is 0 Å². The Bertz CT molecular complexity index is 895. The summed E-state index contributed by atoms with van der Waals surface area (Å²) in [6, 6.07) is 6.18. The molecular formula is C19H27ClN4O4S. The average molecular weight is 443 g/mol. The molecule has 1 aliphatic heterocycles. The first-order valence-electron chi connectivity index (χ1n) is 9.36. The van der Waals surface area contributed by atoms with Crippen LogP contribution in [0.1, 0.15) is 30.6 Å². The Hall–Kier alpha value is -1.94. The van der Waals surface area contributed by atoms with Gasteiger partial charge in [0, 0.05) is 44.1 Å². The van der Waals surface area contributed by atoms with E-state index in [1.54, 1.807) is 24.7 Å². The molecule has 0 radical (unpaired) electrons. The molecule has 8 nitrogen and oxygen atoms in total. The summed E-state index contributed by atoms with van der Waals surface area (Å²) >= 11 is 0. The summed E-state index contributed by atoms with van der Waals surface area (Å²) in [5.41, 5.74) is 0.332. The minimum Gasteiger partial charge on any atom is -0.373 e. The molecule has 1 amide bonds. The zero-order valence-electron chi connectivity index (χ0n) is 16.5. The van der Waals surface area contributed by atoms with Crippen LogP contribution >= 0.6 is 12.4 Å². The summed E-state index contributed by atoms with van der Waals surface area (Å²) in [7, 11) is -3.68. The number of imidazole rings is 1. The number of carbonyl (C=O) groups excluding carboxylic acids is 1. The fourth-order valence-corrected chi connectivity index (χ4v) is 4.90. The number of aromatic nitrogens is 2. The SMILES string of the molecule is CC1CN(S(=O)(=O)c2cccc(C(=O)NCCCn3ccnc3)c2)CC(C)O1.Cl. The molecule has 29 heavy (non-hydrogen) atoms. The molecule has 2 atom stereocenters. The number of nitrogens with zero attached hydrogens (tertiary/aromatic N) is 3. The minimum atomic E-state index is -3.68. The van der Waals surface area contributed by atoms with Crippen molar-refractivity contribution in [3.05, 3.63) is 48.5 Å². The lowest BCUT2D eigenvalue weighted by Crippen LogP contribution is -2.48. The molecule has 0 aliphatic carbocycles. The Morgan fingerprint density at radius 3 is 2.66 bits per heavy atom. The van der Waals surface area contributed by atoms with Crippen LogP contribution in [0.4, 0.5) is 0 Å². The van der Waals surface area contributed by atoms with Gasteiger partial charge in [-0.2, -0.15) is 4.31 Å². The molecule has 1 saturated heterocycles. The Balaban J connectivity index is 0.00000300. The second-order valence-corrected chi connectivity index (χ2v) is 8.96. The Labute approximate surface area is 177 Å².